The smallest absolute Gasteiger partial charge is 0.282 e. The van der Waals surface area contributed by atoms with Gasteiger partial charge < -0.3 is 4.90 Å². The fraction of sp³-hybridized carbons (Fsp3) is 0.0714. The van der Waals surface area contributed by atoms with Gasteiger partial charge in [-0.15, -0.1) is 0 Å². The van der Waals surface area contributed by atoms with Crippen molar-refractivity contribution in [1.82, 2.24) is 0 Å². The maximum atomic E-state index is 12.3. The minimum absolute atomic E-state index is 0.124. The van der Waals surface area contributed by atoms with E-state index in [1.165, 1.54) is 6.07 Å². The molecule has 0 saturated carbocycles. The lowest BCUT2D eigenvalue weighted by Gasteiger charge is -2.14. The zero-order valence-electron chi connectivity index (χ0n) is 9.95. The lowest BCUT2D eigenvalue weighted by atomic mass is 10.1. The first-order valence-corrected chi connectivity index (χ1v) is 5.81. The predicted molar refractivity (Wildman–Crippen MR) is 70.1 cm³/mol. The van der Waals surface area contributed by atoms with E-state index in [2.05, 4.69) is 0 Å². The van der Waals surface area contributed by atoms with Crippen LogP contribution in [0.5, 0.6) is 0 Å². The summed E-state index contributed by atoms with van der Waals surface area (Å²) in [6.45, 7) is 0.375. The molecule has 1 heterocycles. The van der Waals surface area contributed by atoms with Gasteiger partial charge in [0.05, 0.1) is 11.5 Å². The Morgan fingerprint density at radius 1 is 1.05 bits per heavy atom. The Hall–Kier alpha value is -2.69. The van der Waals surface area contributed by atoms with Crippen LogP contribution in [0, 0.1) is 10.1 Å². The predicted octanol–water partition coefficient (Wildman–Crippen LogP) is 2.76. The van der Waals surface area contributed by atoms with Crippen LogP contribution >= 0.6 is 0 Å². The highest BCUT2D eigenvalue weighted by Gasteiger charge is 2.34. The van der Waals surface area contributed by atoms with E-state index < -0.39 is 4.92 Å². The Morgan fingerprint density at radius 3 is 2.47 bits per heavy atom. The third-order valence-electron chi connectivity index (χ3n) is 3.18. The van der Waals surface area contributed by atoms with Crippen molar-refractivity contribution in [3.05, 3.63) is 69.8 Å². The van der Waals surface area contributed by atoms with E-state index in [-0.39, 0.29) is 17.2 Å². The van der Waals surface area contributed by atoms with Gasteiger partial charge in [0.1, 0.15) is 5.56 Å². The molecular weight excluding hydrogens is 244 g/mol. The van der Waals surface area contributed by atoms with Crippen molar-refractivity contribution in [3.8, 4) is 0 Å². The Kier molecular flexibility index (Phi) is 2.52. The molecule has 19 heavy (non-hydrogen) atoms. The summed E-state index contributed by atoms with van der Waals surface area (Å²) in [6.07, 6.45) is 0. The number of hydrogen-bond acceptors (Lipinski definition) is 3. The van der Waals surface area contributed by atoms with Gasteiger partial charge in [0.15, 0.2) is 0 Å². The second-order valence-electron chi connectivity index (χ2n) is 4.30. The minimum Gasteiger partial charge on any atom is -0.304 e. The fourth-order valence-corrected chi connectivity index (χ4v) is 2.31. The molecule has 1 aliphatic heterocycles. The Labute approximate surface area is 109 Å². The molecule has 1 amide bonds. The van der Waals surface area contributed by atoms with Crippen LogP contribution in [0.1, 0.15) is 15.9 Å². The van der Waals surface area contributed by atoms with E-state index in [0.29, 0.717) is 12.1 Å². The number of hydrogen-bond donors (Lipinski definition) is 0. The average Bonchev–Trinajstić information content (AvgIpc) is 2.77. The molecule has 94 valence electrons. The first-order chi connectivity index (χ1) is 9.18. The topological polar surface area (TPSA) is 63.4 Å². The summed E-state index contributed by atoms with van der Waals surface area (Å²) in [5.74, 6) is -0.312. The van der Waals surface area contributed by atoms with E-state index in [1.54, 1.807) is 17.0 Å². The molecule has 0 saturated heterocycles. The molecule has 0 N–H and O–H groups in total. The van der Waals surface area contributed by atoms with Crippen molar-refractivity contribution in [2.75, 3.05) is 4.90 Å². The highest BCUT2D eigenvalue weighted by molar-refractivity contribution is 6.12. The second kappa shape index (κ2) is 4.20. The standard InChI is InChI=1S/C14H10N2O3/c17-14-13-10(5-4-8-12(13)16(18)19)9-15(14)11-6-2-1-3-7-11/h1-8H,9H2. The van der Waals surface area contributed by atoms with Gasteiger partial charge in [-0.1, -0.05) is 30.3 Å². The third-order valence-corrected chi connectivity index (χ3v) is 3.18. The molecule has 0 spiro atoms. The number of fused-ring (bicyclic) bond motifs is 1. The first-order valence-electron chi connectivity index (χ1n) is 5.81. The average molecular weight is 254 g/mol. The third kappa shape index (κ3) is 1.76. The summed E-state index contributed by atoms with van der Waals surface area (Å²) in [5.41, 5.74) is 1.53. The SMILES string of the molecule is O=C1c2c(cccc2[N+](=O)[O-])CN1c1ccccc1. The molecule has 2 aromatic carbocycles. The summed E-state index contributed by atoms with van der Waals surface area (Å²) in [4.78, 5) is 24.4. The van der Waals surface area contributed by atoms with Crippen LogP contribution in [0.15, 0.2) is 48.5 Å². The van der Waals surface area contributed by atoms with Crippen LogP contribution in [-0.2, 0) is 6.54 Å². The molecule has 0 radical (unpaired) electrons. The maximum Gasteiger partial charge on any atom is 0.282 e. The Morgan fingerprint density at radius 2 is 1.79 bits per heavy atom. The molecule has 5 nitrogen and oxygen atoms in total. The summed E-state index contributed by atoms with van der Waals surface area (Å²) in [7, 11) is 0. The van der Waals surface area contributed by atoms with Gasteiger partial charge in [0.25, 0.3) is 11.6 Å². The van der Waals surface area contributed by atoms with Crippen LogP contribution in [0.4, 0.5) is 11.4 Å². The molecule has 0 aliphatic carbocycles. The van der Waals surface area contributed by atoms with E-state index in [9.17, 15) is 14.9 Å². The number of amides is 1. The molecule has 5 heteroatoms. The number of para-hydroxylation sites is 1. The molecule has 0 unspecified atom stereocenters. The lowest BCUT2D eigenvalue weighted by Crippen LogP contribution is -2.23. The van der Waals surface area contributed by atoms with E-state index in [4.69, 9.17) is 0 Å². The van der Waals surface area contributed by atoms with Crippen LogP contribution in [0.3, 0.4) is 0 Å². The van der Waals surface area contributed by atoms with Crippen molar-refractivity contribution in [2.24, 2.45) is 0 Å². The van der Waals surface area contributed by atoms with Gasteiger partial charge in [0, 0.05) is 11.8 Å². The molecule has 0 atom stereocenters. The van der Waals surface area contributed by atoms with Crippen molar-refractivity contribution in [2.45, 2.75) is 6.54 Å². The monoisotopic (exact) mass is 254 g/mol. The number of anilines is 1. The van der Waals surface area contributed by atoms with Crippen molar-refractivity contribution >= 4 is 17.3 Å². The lowest BCUT2D eigenvalue weighted by molar-refractivity contribution is -0.385. The number of carbonyl (C=O) groups is 1. The van der Waals surface area contributed by atoms with Gasteiger partial charge in [-0.05, 0) is 17.7 Å². The molecule has 3 rings (SSSR count). The molecule has 0 bridgehead atoms. The largest absolute Gasteiger partial charge is 0.304 e. The van der Waals surface area contributed by atoms with Crippen LogP contribution in [0.2, 0.25) is 0 Å². The highest BCUT2D eigenvalue weighted by Crippen LogP contribution is 2.33. The Balaban J connectivity index is 2.08. The minimum atomic E-state index is -0.509. The van der Waals surface area contributed by atoms with Crippen molar-refractivity contribution < 1.29 is 9.72 Å². The fourth-order valence-electron chi connectivity index (χ4n) is 2.31. The van der Waals surface area contributed by atoms with Crippen molar-refractivity contribution in [1.29, 1.82) is 0 Å². The van der Waals surface area contributed by atoms with Gasteiger partial charge in [-0.2, -0.15) is 0 Å². The quantitative estimate of drug-likeness (QED) is 0.611. The number of rotatable bonds is 2. The van der Waals surface area contributed by atoms with Gasteiger partial charge in [-0.3, -0.25) is 14.9 Å². The highest BCUT2D eigenvalue weighted by atomic mass is 16.6. The van der Waals surface area contributed by atoms with Crippen molar-refractivity contribution in [3.63, 3.8) is 0 Å². The first kappa shape index (κ1) is 11.4. The normalized spacial score (nSPS) is 13.5. The number of nitrogens with zero attached hydrogens (tertiary/aromatic N) is 2. The molecule has 0 aromatic heterocycles. The zero-order valence-corrected chi connectivity index (χ0v) is 9.95. The number of benzene rings is 2. The molecule has 1 aliphatic rings. The van der Waals surface area contributed by atoms with E-state index in [0.717, 1.165) is 5.69 Å². The van der Waals surface area contributed by atoms with E-state index in [1.807, 2.05) is 30.3 Å². The summed E-state index contributed by atoms with van der Waals surface area (Å²) >= 11 is 0. The second-order valence-corrected chi connectivity index (χ2v) is 4.30. The summed E-state index contributed by atoms with van der Waals surface area (Å²) < 4.78 is 0. The number of carbonyl (C=O) groups excluding carboxylic acids is 1. The van der Waals surface area contributed by atoms with Gasteiger partial charge in [-0.25, -0.2) is 0 Å². The molecule has 2 aromatic rings. The summed E-state index contributed by atoms with van der Waals surface area (Å²) in [5, 5.41) is 11.0. The number of nitro benzene ring substituents is 1. The van der Waals surface area contributed by atoms with Crippen LogP contribution in [-0.4, -0.2) is 10.8 Å². The maximum absolute atomic E-state index is 12.3. The van der Waals surface area contributed by atoms with Crippen LogP contribution < -0.4 is 4.90 Å². The van der Waals surface area contributed by atoms with Gasteiger partial charge in [0.2, 0.25) is 0 Å². The molecule has 0 fully saturated rings. The Bertz CT molecular complexity index is 668. The number of nitro groups is 1. The zero-order chi connectivity index (χ0) is 13.4. The van der Waals surface area contributed by atoms with Gasteiger partial charge >= 0.3 is 0 Å². The summed E-state index contributed by atoms with van der Waals surface area (Å²) in [6, 6.07) is 13.9. The van der Waals surface area contributed by atoms with Crippen LogP contribution in [0.25, 0.3) is 0 Å². The van der Waals surface area contributed by atoms with E-state index >= 15 is 0 Å². The molecular formula is C14H10N2O3.